The first-order chi connectivity index (χ1) is 8.33. The molecule has 1 aromatic carbocycles. The summed E-state index contributed by atoms with van der Waals surface area (Å²) in [5.74, 6) is 0.478. The van der Waals surface area contributed by atoms with Gasteiger partial charge in [-0.25, -0.2) is 9.97 Å². The Hall–Kier alpha value is -2.01. The van der Waals surface area contributed by atoms with Crippen molar-refractivity contribution in [3.8, 4) is 0 Å². The maximum absolute atomic E-state index is 5.77. The molecule has 2 N–H and O–H groups in total. The van der Waals surface area contributed by atoms with Crippen LogP contribution in [0.2, 0.25) is 0 Å². The molecule has 17 heavy (non-hydrogen) atoms. The van der Waals surface area contributed by atoms with E-state index in [4.69, 9.17) is 5.73 Å². The molecule has 4 nitrogen and oxygen atoms in total. The summed E-state index contributed by atoms with van der Waals surface area (Å²) in [6.45, 7) is 0. The Morgan fingerprint density at radius 3 is 2.76 bits per heavy atom. The molecule has 3 rings (SSSR count). The van der Waals surface area contributed by atoms with Crippen LogP contribution in [0.25, 0.3) is 10.2 Å². The van der Waals surface area contributed by atoms with Gasteiger partial charge in [0.25, 0.3) is 0 Å². The van der Waals surface area contributed by atoms with Gasteiger partial charge in [0.05, 0.1) is 20.9 Å². The lowest BCUT2D eigenvalue weighted by Gasteiger charge is -1.99. The molecule has 2 aromatic heterocycles. The Morgan fingerprint density at radius 1 is 1.12 bits per heavy atom. The van der Waals surface area contributed by atoms with Gasteiger partial charge in [-0.2, -0.15) is 0 Å². The SMILES string of the molecule is Nc1nccnc1Cc1nc2ccccc2s1. The van der Waals surface area contributed by atoms with Crippen LogP contribution >= 0.6 is 11.3 Å². The highest BCUT2D eigenvalue weighted by molar-refractivity contribution is 7.18. The minimum atomic E-state index is 0.478. The monoisotopic (exact) mass is 242 g/mol. The van der Waals surface area contributed by atoms with Crippen molar-refractivity contribution >= 4 is 27.4 Å². The van der Waals surface area contributed by atoms with Crippen LogP contribution in [0.5, 0.6) is 0 Å². The van der Waals surface area contributed by atoms with E-state index in [9.17, 15) is 0 Å². The topological polar surface area (TPSA) is 64.7 Å². The number of hydrogen-bond acceptors (Lipinski definition) is 5. The average Bonchev–Trinajstić information content (AvgIpc) is 2.74. The van der Waals surface area contributed by atoms with Crippen molar-refractivity contribution in [3.05, 3.63) is 47.4 Å². The number of nitrogen functional groups attached to an aromatic ring is 1. The number of benzene rings is 1. The largest absolute Gasteiger partial charge is 0.382 e. The van der Waals surface area contributed by atoms with E-state index in [1.165, 1.54) is 4.70 Å². The second-order valence-corrected chi connectivity index (χ2v) is 4.76. The minimum absolute atomic E-state index is 0.478. The van der Waals surface area contributed by atoms with E-state index >= 15 is 0 Å². The maximum atomic E-state index is 5.77. The molecule has 5 heteroatoms. The molecule has 0 aliphatic rings. The molecule has 2 heterocycles. The highest BCUT2D eigenvalue weighted by Gasteiger charge is 2.07. The average molecular weight is 242 g/mol. The molecular weight excluding hydrogens is 232 g/mol. The molecule has 0 aliphatic carbocycles. The zero-order valence-electron chi connectivity index (χ0n) is 9.00. The number of hydrogen-bond donors (Lipinski definition) is 1. The van der Waals surface area contributed by atoms with Crippen molar-refractivity contribution in [2.75, 3.05) is 5.73 Å². The Labute approximate surface area is 102 Å². The number of fused-ring (bicyclic) bond motifs is 1. The first kappa shape index (κ1) is 10.2. The molecule has 0 radical (unpaired) electrons. The Kier molecular flexibility index (Phi) is 2.45. The predicted octanol–water partition coefficient (Wildman–Crippen LogP) is 2.26. The maximum Gasteiger partial charge on any atom is 0.145 e. The lowest BCUT2D eigenvalue weighted by Crippen LogP contribution is -2.00. The highest BCUT2D eigenvalue weighted by atomic mass is 32.1. The van der Waals surface area contributed by atoms with Crippen LogP contribution in [0.1, 0.15) is 10.7 Å². The highest BCUT2D eigenvalue weighted by Crippen LogP contribution is 2.23. The zero-order valence-corrected chi connectivity index (χ0v) is 9.81. The quantitative estimate of drug-likeness (QED) is 0.748. The summed E-state index contributed by atoms with van der Waals surface area (Å²) in [4.78, 5) is 12.8. The summed E-state index contributed by atoms with van der Waals surface area (Å²) in [6.07, 6.45) is 3.88. The van der Waals surface area contributed by atoms with Crippen molar-refractivity contribution in [1.29, 1.82) is 0 Å². The van der Waals surface area contributed by atoms with Gasteiger partial charge in [-0.15, -0.1) is 11.3 Å². The van der Waals surface area contributed by atoms with Gasteiger partial charge in [0.1, 0.15) is 5.82 Å². The lowest BCUT2D eigenvalue weighted by molar-refractivity contribution is 1.03. The number of nitrogens with two attached hydrogens (primary N) is 1. The molecule has 0 saturated heterocycles. The number of para-hydroxylation sites is 1. The lowest BCUT2D eigenvalue weighted by atomic mass is 10.3. The molecule has 0 aliphatic heterocycles. The van der Waals surface area contributed by atoms with E-state index < -0.39 is 0 Å². The molecule has 84 valence electrons. The Balaban J connectivity index is 1.98. The van der Waals surface area contributed by atoms with Crippen molar-refractivity contribution in [3.63, 3.8) is 0 Å². The number of thiazole rings is 1. The van der Waals surface area contributed by atoms with Gasteiger partial charge in [0.15, 0.2) is 0 Å². The van der Waals surface area contributed by atoms with Crippen molar-refractivity contribution in [1.82, 2.24) is 15.0 Å². The molecule has 3 aromatic rings. The van der Waals surface area contributed by atoms with Gasteiger partial charge in [-0.05, 0) is 12.1 Å². The third-order valence-corrected chi connectivity index (χ3v) is 3.50. The van der Waals surface area contributed by atoms with Crippen molar-refractivity contribution < 1.29 is 0 Å². The Bertz CT molecular complexity index is 629. The van der Waals surface area contributed by atoms with E-state index in [-0.39, 0.29) is 0 Å². The van der Waals surface area contributed by atoms with E-state index in [2.05, 4.69) is 21.0 Å². The van der Waals surface area contributed by atoms with Crippen molar-refractivity contribution in [2.24, 2.45) is 0 Å². The standard InChI is InChI=1S/C12H10N4S/c13-12-9(14-5-6-15-12)7-11-16-8-3-1-2-4-10(8)17-11/h1-6H,7H2,(H2,13,15). The third-order valence-electron chi connectivity index (χ3n) is 2.46. The number of nitrogens with zero attached hydrogens (tertiary/aromatic N) is 3. The summed E-state index contributed by atoms with van der Waals surface area (Å²) in [7, 11) is 0. The molecule has 0 bridgehead atoms. The van der Waals surface area contributed by atoms with Gasteiger partial charge in [-0.3, -0.25) is 4.98 Å². The summed E-state index contributed by atoms with van der Waals surface area (Å²) in [5, 5.41) is 1.01. The van der Waals surface area contributed by atoms with E-state index in [1.807, 2.05) is 18.2 Å². The van der Waals surface area contributed by atoms with E-state index in [0.717, 1.165) is 16.2 Å². The first-order valence-electron chi connectivity index (χ1n) is 5.23. The number of aromatic nitrogens is 3. The van der Waals surface area contributed by atoms with Crippen LogP contribution in [0, 0.1) is 0 Å². The first-order valence-corrected chi connectivity index (χ1v) is 6.04. The van der Waals surface area contributed by atoms with Gasteiger partial charge in [0, 0.05) is 18.8 Å². The van der Waals surface area contributed by atoms with Gasteiger partial charge in [0.2, 0.25) is 0 Å². The molecule has 0 atom stereocenters. The van der Waals surface area contributed by atoms with Gasteiger partial charge < -0.3 is 5.73 Å². The summed E-state index contributed by atoms with van der Waals surface area (Å²) in [5.41, 5.74) is 7.57. The van der Waals surface area contributed by atoms with Crippen molar-refractivity contribution in [2.45, 2.75) is 6.42 Å². The molecule has 0 unspecified atom stereocenters. The van der Waals surface area contributed by atoms with Gasteiger partial charge >= 0.3 is 0 Å². The Morgan fingerprint density at radius 2 is 1.94 bits per heavy atom. The van der Waals surface area contributed by atoms with Crippen LogP contribution in [-0.2, 0) is 6.42 Å². The van der Waals surface area contributed by atoms with Crippen LogP contribution < -0.4 is 5.73 Å². The van der Waals surface area contributed by atoms with Crippen LogP contribution in [-0.4, -0.2) is 15.0 Å². The second-order valence-electron chi connectivity index (χ2n) is 3.64. The fraction of sp³-hybridized carbons (Fsp3) is 0.0833. The summed E-state index contributed by atoms with van der Waals surface area (Å²) >= 11 is 1.67. The van der Waals surface area contributed by atoms with Crippen LogP contribution in [0.4, 0.5) is 5.82 Å². The van der Waals surface area contributed by atoms with Crippen LogP contribution in [0.15, 0.2) is 36.7 Å². The van der Waals surface area contributed by atoms with Gasteiger partial charge in [-0.1, -0.05) is 12.1 Å². The smallest absolute Gasteiger partial charge is 0.145 e. The van der Waals surface area contributed by atoms with E-state index in [1.54, 1.807) is 23.7 Å². The van der Waals surface area contributed by atoms with Crippen LogP contribution in [0.3, 0.4) is 0 Å². The normalized spacial score (nSPS) is 10.8. The third kappa shape index (κ3) is 1.97. The fourth-order valence-electron chi connectivity index (χ4n) is 1.65. The molecule has 0 spiro atoms. The fourth-order valence-corrected chi connectivity index (χ4v) is 2.62. The summed E-state index contributed by atoms with van der Waals surface area (Å²) in [6, 6.07) is 8.08. The predicted molar refractivity (Wildman–Crippen MR) is 68.9 cm³/mol. The number of anilines is 1. The zero-order chi connectivity index (χ0) is 11.7. The number of rotatable bonds is 2. The molecule has 0 amide bonds. The van der Waals surface area contributed by atoms with E-state index in [0.29, 0.717) is 12.2 Å². The minimum Gasteiger partial charge on any atom is -0.382 e. The molecule has 0 saturated carbocycles. The summed E-state index contributed by atoms with van der Waals surface area (Å²) < 4.78 is 1.19. The second kappa shape index (κ2) is 4.10. The molecule has 0 fully saturated rings. The molecular formula is C12H10N4S.